The van der Waals surface area contributed by atoms with E-state index in [9.17, 15) is 19.2 Å². The van der Waals surface area contributed by atoms with E-state index in [0.717, 1.165) is 19.1 Å². The maximum absolute atomic E-state index is 12.8. The van der Waals surface area contributed by atoms with E-state index in [1.165, 1.54) is 7.11 Å². The number of rotatable bonds is 4. The molecule has 1 heterocycles. The Balaban J connectivity index is 1.89. The summed E-state index contributed by atoms with van der Waals surface area (Å²) in [5.74, 6) is -1.96. The van der Waals surface area contributed by atoms with Crippen LogP contribution in [-0.4, -0.2) is 36.7 Å². The van der Waals surface area contributed by atoms with Gasteiger partial charge in [0.2, 0.25) is 0 Å². The maximum atomic E-state index is 12.8. The SMILES string of the molecule is C=C1C(=O)O[C@]2(CCC=O)[C@@H]3CC[C@@H]4C[C@]3(CC4=O)[C@@H](C(=O)OC)[C@H]12. The summed E-state index contributed by atoms with van der Waals surface area (Å²) in [6.45, 7) is 3.90. The molecule has 0 aromatic carbocycles. The Morgan fingerprint density at radius 2 is 2.16 bits per heavy atom. The van der Waals surface area contributed by atoms with Crippen LogP contribution < -0.4 is 0 Å². The molecule has 0 aromatic heterocycles. The van der Waals surface area contributed by atoms with Gasteiger partial charge >= 0.3 is 11.9 Å². The zero-order valence-electron chi connectivity index (χ0n) is 14.3. The third-order valence-corrected chi connectivity index (χ3v) is 7.18. The van der Waals surface area contributed by atoms with E-state index < -0.39 is 34.8 Å². The van der Waals surface area contributed by atoms with Crippen LogP contribution in [0.5, 0.6) is 0 Å². The Kier molecular flexibility index (Phi) is 3.47. The molecule has 3 aliphatic carbocycles. The molecule has 6 heteroatoms. The molecule has 25 heavy (non-hydrogen) atoms. The first kappa shape index (κ1) is 16.5. The second-order valence-electron chi connectivity index (χ2n) is 7.96. The number of esters is 2. The highest BCUT2D eigenvalue weighted by Crippen LogP contribution is 2.72. The van der Waals surface area contributed by atoms with Crippen molar-refractivity contribution in [2.45, 2.75) is 44.1 Å². The van der Waals surface area contributed by atoms with E-state index in [-0.39, 0.29) is 29.6 Å². The van der Waals surface area contributed by atoms with Gasteiger partial charge in [-0.15, -0.1) is 0 Å². The number of Topliss-reactive ketones (excluding diaryl/α,β-unsaturated/α-hetero) is 1. The summed E-state index contributed by atoms with van der Waals surface area (Å²) in [5, 5.41) is 0. The molecule has 4 rings (SSSR count). The average Bonchev–Trinajstić information content (AvgIpc) is 3.09. The topological polar surface area (TPSA) is 86.7 Å². The Bertz CT molecular complexity index is 696. The van der Waals surface area contributed by atoms with E-state index in [4.69, 9.17) is 9.47 Å². The van der Waals surface area contributed by atoms with Crippen LogP contribution in [-0.2, 0) is 28.7 Å². The molecule has 3 saturated carbocycles. The number of fused-ring (bicyclic) bond motifs is 3. The molecule has 1 aliphatic heterocycles. The van der Waals surface area contributed by atoms with E-state index >= 15 is 0 Å². The molecule has 0 N–H and O–H groups in total. The smallest absolute Gasteiger partial charge is 0.334 e. The minimum atomic E-state index is -0.913. The number of aldehydes is 1. The van der Waals surface area contributed by atoms with Gasteiger partial charge < -0.3 is 14.3 Å². The number of ether oxygens (including phenoxy) is 2. The number of carbonyl (C=O) groups excluding carboxylic acids is 4. The average molecular weight is 346 g/mol. The summed E-state index contributed by atoms with van der Waals surface area (Å²) in [4.78, 5) is 48.6. The molecule has 4 fully saturated rings. The summed E-state index contributed by atoms with van der Waals surface area (Å²) in [5.41, 5.74) is -1.17. The predicted octanol–water partition coefficient (Wildman–Crippen LogP) is 1.61. The Morgan fingerprint density at radius 3 is 2.84 bits per heavy atom. The van der Waals surface area contributed by atoms with E-state index in [1.807, 2.05) is 0 Å². The zero-order chi connectivity index (χ0) is 18.0. The van der Waals surface area contributed by atoms with Gasteiger partial charge in [-0.3, -0.25) is 9.59 Å². The van der Waals surface area contributed by atoms with Crippen LogP contribution in [0.25, 0.3) is 0 Å². The van der Waals surface area contributed by atoms with Crippen molar-refractivity contribution in [2.75, 3.05) is 7.11 Å². The Morgan fingerprint density at radius 1 is 1.40 bits per heavy atom. The third-order valence-electron chi connectivity index (χ3n) is 7.18. The van der Waals surface area contributed by atoms with Crippen LogP contribution in [0.1, 0.15) is 38.5 Å². The summed E-state index contributed by atoms with van der Waals surface area (Å²) in [6.07, 6.45) is 3.86. The molecule has 134 valence electrons. The maximum Gasteiger partial charge on any atom is 0.334 e. The van der Waals surface area contributed by atoms with E-state index in [0.29, 0.717) is 19.3 Å². The molecule has 0 radical (unpaired) electrons. The van der Waals surface area contributed by atoms with Crippen molar-refractivity contribution >= 4 is 24.0 Å². The largest absolute Gasteiger partial charge is 0.469 e. The van der Waals surface area contributed by atoms with Crippen molar-refractivity contribution in [2.24, 2.45) is 29.1 Å². The van der Waals surface area contributed by atoms with Crippen molar-refractivity contribution in [3.05, 3.63) is 12.2 Å². The van der Waals surface area contributed by atoms with Crippen molar-refractivity contribution in [1.82, 2.24) is 0 Å². The molecule has 1 saturated heterocycles. The number of hydrogen-bond donors (Lipinski definition) is 0. The third kappa shape index (κ3) is 1.85. The van der Waals surface area contributed by atoms with Gasteiger partial charge in [0.05, 0.1) is 13.0 Å². The molecule has 2 bridgehead atoms. The van der Waals surface area contributed by atoms with Gasteiger partial charge in [0.15, 0.2) is 0 Å². The van der Waals surface area contributed by atoms with Gasteiger partial charge in [0.25, 0.3) is 0 Å². The normalized spacial score (nSPS) is 44.3. The monoisotopic (exact) mass is 346 g/mol. The second-order valence-corrected chi connectivity index (χ2v) is 7.96. The summed E-state index contributed by atoms with van der Waals surface area (Å²) in [7, 11) is 1.33. The number of ketones is 1. The van der Waals surface area contributed by atoms with Crippen LogP contribution in [0.15, 0.2) is 12.2 Å². The van der Waals surface area contributed by atoms with Gasteiger partial charge in [0.1, 0.15) is 17.7 Å². The van der Waals surface area contributed by atoms with Gasteiger partial charge in [-0.1, -0.05) is 6.58 Å². The van der Waals surface area contributed by atoms with Crippen molar-refractivity contribution in [1.29, 1.82) is 0 Å². The van der Waals surface area contributed by atoms with Gasteiger partial charge in [0, 0.05) is 36.2 Å². The fourth-order valence-corrected chi connectivity index (χ4v) is 6.47. The van der Waals surface area contributed by atoms with Crippen LogP contribution in [0.4, 0.5) is 0 Å². The highest BCUT2D eigenvalue weighted by atomic mass is 16.6. The summed E-state index contributed by atoms with van der Waals surface area (Å²) < 4.78 is 10.9. The molecule has 6 atom stereocenters. The molecule has 4 aliphatic rings. The van der Waals surface area contributed by atoms with Crippen LogP contribution in [0.3, 0.4) is 0 Å². The van der Waals surface area contributed by atoms with Gasteiger partial charge in [-0.2, -0.15) is 0 Å². The highest BCUT2D eigenvalue weighted by molar-refractivity contribution is 5.95. The lowest BCUT2D eigenvalue weighted by Gasteiger charge is -2.43. The molecule has 0 amide bonds. The zero-order valence-corrected chi connectivity index (χ0v) is 14.3. The minimum absolute atomic E-state index is 0.0191. The molecule has 0 unspecified atom stereocenters. The lowest BCUT2D eigenvalue weighted by Crippen LogP contribution is -2.44. The minimum Gasteiger partial charge on any atom is -0.469 e. The van der Waals surface area contributed by atoms with Gasteiger partial charge in [-0.25, -0.2) is 4.79 Å². The van der Waals surface area contributed by atoms with Crippen molar-refractivity contribution in [3.8, 4) is 0 Å². The number of carbonyl (C=O) groups is 4. The van der Waals surface area contributed by atoms with Crippen molar-refractivity contribution in [3.63, 3.8) is 0 Å². The molecule has 1 spiro atoms. The molecular formula is C19H22O6. The van der Waals surface area contributed by atoms with Crippen LogP contribution >= 0.6 is 0 Å². The number of hydrogen-bond acceptors (Lipinski definition) is 6. The lowest BCUT2D eigenvalue weighted by molar-refractivity contribution is -0.157. The standard InChI is InChI=1S/C19H22O6/c1-10-14-15(17(23)24-2)18-8-11(12(21)9-18)4-5-13(18)19(14,6-3-7-20)25-16(10)22/h7,11,13-15H,1,3-6,8-9H2,2H3/t11-,13-,14+,15-,18-,19-/m1/s1. The van der Waals surface area contributed by atoms with Gasteiger partial charge in [-0.05, 0) is 31.1 Å². The molecular weight excluding hydrogens is 324 g/mol. The fraction of sp³-hybridized carbons (Fsp3) is 0.684. The highest BCUT2D eigenvalue weighted by Gasteiger charge is 2.77. The first-order chi connectivity index (χ1) is 11.9. The first-order valence-corrected chi connectivity index (χ1v) is 8.87. The molecule has 6 nitrogen and oxygen atoms in total. The quantitative estimate of drug-likeness (QED) is 0.437. The van der Waals surface area contributed by atoms with E-state index in [2.05, 4.69) is 6.58 Å². The predicted molar refractivity (Wildman–Crippen MR) is 85.1 cm³/mol. The summed E-state index contributed by atoms with van der Waals surface area (Å²) in [6, 6.07) is 0. The molecule has 0 aromatic rings. The van der Waals surface area contributed by atoms with Crippen LogP contribution in [0, 0.1) is 29.1 Å². The Labute approximate surface area is 145 Å². The lowest BCUT2D eigenvalue weighted by atomic mass is 9.63. The summed E-state index contributed by atoms with van der Waals surface area (Å²) >= 11 is 0. The number of methoxy groups -OCH3 is 1. The second kappa shape index (κ2) is 5.26. The first-order valence-electron chi connectivity index (χ1n) is 8.87. The Hall–Kier alpha value is -1.98. The fourth-order valence-electron chi connectivity index (χ4n) is 6.47. The van der Waals surface area contributed by atoms with E-state index in [1.54, 1.807) is 0 Å². The van der Waals surface area contributed by atoms with Crippen LogP contribution in [0.2, 0.25) is 0 Å². The van der Waals surface area contributed by atoms with Crippen molar-refractivity contribution < 1.29 is 28.7 Å².